The number of fused-ring (bicyclic) bond motifs is 2. The van der Waals surface area contributed by atoms with Crippen LogP contribution >= 0.6 is 11.3 Å². The number of benzene rings is 2. The molecular weight excluding hydrogens is 304 g/mol. The van der Waals surface area contributed by atoms with Gasteiger partial charge in [-0.15, -0.1) is 11.3 Å². The zero-order chi connectivity index (χ0) is 17.0. The lowest BCUT2D eigenvalue weighted by molar-refractivity contribution is 0.490. The lowest BCUT2D eigenvalue weighted by atomic mass is 10.1. The van der Waals surface area contributed by atoms with Crippen molar-refractivity contribution in [2.24, 2.45) is 0 Å². The van der Waals surface area contributed by atoms with Gasteiger partial charge in [0.1, 0.15) is 11.4 Å². The highest BCUT2D eigenvalue weighted by Gasteiger charge is 2.23. The molecule has 1 aromatic heterocycles. The summed E-state index contributed by atoms with van der Waals surface area (Å²) in [6.07, 6.45) is 0. The van der Waals surface area contributed by atoms with E-state index in [0.29, 0.717) is 8.97 Å². The van der Waals surface area contributed by atoms with E-state index in [2.05, 4.69) is 54.4 Å². The first-order valence-corrected chi connectivity index (χ1v) is 8.55. The molecule has 0 atom stereocenters. The van der Waals surface area contributed by atoms with Crippen molar-refractivity contribution in [3.8, 4) is 0 Å². The first-order chi connectivity index (χ1) is 10.6. The summed E-state index contributed by atoms with van der Waals surface area (Å²) in [5, 5.41) is 1.65. The van der Waals surface area contributed by atoms with E-state index in [4.69, 9.17) is 0 Å². The second kappa shape index (κ2) is 5.13. The summed E-state index contributed by atoms with van der Waals surface area (Å²) >= 11 is 1.74. The van der Waals surface area contributed by atoms with Crippen LogP contribution in [0.3, 0.4) is 0 Å². The van der Waals surface area contributed by atoms with Crippen LogP contribution in [0.4, 0.5) is 11.4 Å². The Morgan fingerprint density at radius 2 is 1.09 bits per heavy atom. The monoisotopic (exact) mass is 328 g/mol. The molecule has 3 rings (SSSR count). The molecule has 0 aliphatic heterocycles. The summed E-state index contributed by atoms with van der Waals surface area (Å²) in [6.45, 7) is 0. The Bertz CT molecular complexity index is 884. The van der Waals surface area contributed by atoms with Gasteiger partial charge in [0.05, 0.1) is 51.7 Å². The van der Waals surface area contributed by atoms with Crippen LogP contribution in [0.1, 0.15) is 0 Å². The Hall–Kier alpha value is -1.75. The predicted octanol–water partition coefficient (Wildman–Crippen LogP) is 3.81. The largest absolute Gasteiger partial charge is 0.297 e. The standard InChI is InChI=1S/C19H24N2OS/c1-20(2,3)15-11-7-9-13-17(22)14-10-8-12-16(21(4,5)6)19(14)23-18(13)15/h7-12H,1-6H3/q+2. The highest BCUT2D eigenvalue weighted by molar-refractivity contribution is 7.25. The highest BCUT2D eigenvalue weighted by Crippen LogP contribution is 2.38. The smallest absolute Gasteiger partial charge is 0.196 e. The zero-order valence-corrected chi connectivity index (χ0v) is 15.5. The van der Waals surface area contributed by atoms with Gasteiger partial charge in [-0.05, 0) is 12.1 Å². The molecule has 0 radical (unpaired) electrons. The van der Waals surface area contributed by atoms with E-state index < -0.39 is 0 Å². The molecule has 23 heavy (non-hydrogen) atoms. The second-order valence-electron chi connectivity index (χ2n) is 7.76. The highest BCUT2D eigenvalue weighted by atomic mass is 32.1. The van der Waals surface area contributed by atoms with Crippen molar-refractivity contribution in [1.29, 1.82) is 0 Å². The molecule has 0 fully saturated rings. The first kappa shape index (κ1) is 16.1. The number of hydrogen-bond acceptors (Lipinski definition) is 2. The van der Waals surface area contributed by atoms with E-state index in [1.807, 2.05) is 24.3 Å². The Morgan fingerprint density at radius 1 is 0.696 bits per heavy atom. The van der Waals surface area contributed by atoms with E-state index in [9.17, 15) is 4.79 Å². The van der Waals surface area contributed by atoms with Crippen LogP contribution < -0.4 is 14.4 Å². The molecule has 1 heterocycles. The maximum atomic E-state index is 13.0. The normalized spacial score (nSPS) is 13.0. The van der Waals surface area contributed by atoms with E-state index in [-0.39, 0.29) is 5.43 Å². The molecule has 0 saturated heterocycles. The molecule has 0 aliphatic carbocycles. The summed E-state index contributed by atoms with van der Waals surface area (Å²) in [5.41, 5.74) is 2.50. The molecule has 0 bridgehead atoms. The molecule has 0 spiro atoms. The van der Waals surface area contributed by atoms with E-state index in [1.165, 1.54) is 11.4 Å². The van der Waals surface area contributed by atoms with Gasteiger partial charge in [-0.2, -0.15) is 0 Å². The molecule has 120 valence electrons. The summed E-state index contributed by atoms with van der Waals surface area (Å²) in [4.78, 5) is 13.0. The van der Waals surface area contributed by atoms with Crippen LogP contribution in [-0.4, -0.2) is 42.3 Å². The molecule has 4 heteroatoms. The molecule has 0 unspecified atom stereocenters. The maximum absolute atomic E-state index is 13.0. The lowest BCUT2D eigenvalue weighted by Crippen LogP contribution is -2.35. The number of nitrogens with zero attached hydrogens (tertiary/aromatic N) is 2. The van der Waals surface area contributed by atoms with Gasteiger partial charge in [0.2, 0.25) is 0 Å². The van der Waals surface area contributed by atoms with Gasteiger partial charge < -0.3 is 0 Å². The Morgan fingerprint density at radius 3 is 1.43 bits per heavy atom. The third kappa shape index (κ3) is 2.67. The number of rotatable bonds is 2. The summed E-state index contributed by atoms with van der Waals surface area (Å²) in [7, 11) is 12.8. The van der Waals surface area contributed by atoms with Crippen molar-refractivity contribution in [3.63, 3.8) is 0 Å². The molecule has 2 aromatic carbocycles. The van der Waals surface area contributed by atoms with Crippen molar-refractivity contribution < 1.29 is 0 Å². The van der Waals surface area contributed by atoms with Gasteiger partial charge in [0, 0.05) is 22.9 Å². The molecule has 0 amide bonds. The van der Waals surface area contributed by atoms with E-state index >= 15 is 0 Å². The van der Waals surface area contributed by atoms with Gasteiger partial charge in [-0.1, -0.05) is 12.1 Å². The molecule has 0 saturated carbocycles. The van der Waals surface area contributed by atoms with Gasteiger partial charge >= 0.3 is 0 Å². The zero-order valence-electron chi connectivity index (χ0n) is 14.7. The topological polar surface area (TPSA) is 17.1 Å². The van der Waals surface area contributed by atoms with Gasteiger partial charge in [-0.3, -0.25) is 13.8 Å². The average Bonchev–Trinajstić information content (AvgIpc) is 2.44. The number of hydrogen-bond donors (Lipinski definition) is 0. The number of quaternary nitrogens is 2. The predicted molar refractivity (Wildman–Crippen MR) is 105 cm³/mol. The van der Waals surface area contributed by atoms with Crippen molar-refractivity contribution in [2.75, 3.05) is 42.3 Å². The summed E-state index contributed by atoms with van der Waals surface area (Å²) in [6, 6.07) is 12.1. The first-order valence-electron chi connectivity index (χ1n) is 7.73. The molecule has 0 aliphatic rings. The fourth-order valence-electron chi connectivity index (χ4n) is 2.93. The second-order valence-corrected chi connectivity index (χ2v) is 8.78. The third-order valence-electron chi connectivity index (χ3n) is 4.13. The fourth-order valence-corrected chi connectivity index (χ4v) is 4.56. The van der Waals surface area contributed by atoms with Gasteiger partial charge in [0.15, 0.2) is 5.43 Å². The van der Waals surface area contributed by atoms with Crippen LogP contribution in [0.25, 0.3) is 20.2 Å². The van der Waals surface area contributed by atoms with Crippen LogP contribution in [0.5, 0.6) is 0 Å². The van der Waals surface area contributed by atoms with Gasteiger partial charge in [-0.25, -0.2) is 0 Å². The Labute approximate surface area is 141 Å². The lowest BCUT2D eigenvalue weighted by Gasteiger charge is -2.26. The molecular formula is C19H24N2OS+2. The minimum absolute atomic E-state index is 0.138. The molecule has 3 nitrogen and oxygen atoms in total. The van der Waals surface area contributed by atoms with E-state index in [0.717, 1.165) is 20.2 Å². The van der Waals surface area contributed by atoms with Crippen LogP contribution in [0, 0.1) is 0 Å². The van der Waals surface area contributed by atoms with Crippen molar-refractivity contribution in [1.82, 2.24) is 8.97 Å². The molecule has 3 aromatic rings. The minimum Gasteiger partial charge on any atom is -0.297 e. The third-order valence-corrected chi connectivity index (χ3v) is 5.39. The fraction of sp³-hybridized carbons (Fsp3) is 0.316. The van der Waals surface area contributed by atoms with Gasteiger partial charge in [0.25, 0.3) is 0 Å². The SMILES string of the molecule is C[N+](C)(C)c1cccc2c(=O)c3cccc([N+](C)(C)C)c3sc12. The van der Waals surface area contributed by atoms with Crippen LogP contribution in [0.15, 0.2) is 41.2 Å². The van der Waals surface area contributed by atoms with Crippen LogP contribution in [-0.2, 0) is 0 Å². The summed E-state index contributed by atoms with van der Waals surface area (Å²) < 4.78 is 3.59. The van der Waals surface area contributed by atoms with Crippen molar-refractivity contribution in [3.05, 3.63) is 46.6 Å². The summed E-state index contributed by atoms with van der Waals surface area (Å²) in [5.74, 6) is 0. The minimum atomic E-state index is 0.138. The Balaban J connectivity index is 2.56. The maximum Gasteiger partial charge on any atom is 0.196 e. The quantitative estimate of drug-likeness (QED) is 0.516. The van der Waals surface area contributed by atoms with Crippen LogP contribution in [0.2, 0.25) is 0 Å². The Kier molecular flexibility index (Phi) is 3.59. The average molecular weight is 328 g/mol. The van der Waals surface area contributed by atoms with E-state index in [1.54, 1.807) is 11.3 Å². The van der Waals surface area contributed by atoms with Crippen molar-refractivity contribution in [2.45, 2.75) is 0 Å². The van der Waals surface area contributed by atoms with Crippen molar-refractivity contribution >= 4 is 42.9 Å². The molecule has 0 N–H and O–H groups in total.